The van der Waals surface area contributed by atoms with Crippen molar-refractivity contribution in [2.75, 3.05) is 11.1 Å². The number of ether oxygens (including phenoxy) is 2. The van der Waals surface area contributed by atoms with Crippen LogP contribution in [-0.4, -0.2) is 43.2 Å². The number of aliphatic hydroxyl groups excluding tert-OH is 1. The first kappa shape index (κ1) is 44.5. The Morgan fingerprint density at radius 2 is 1.42 bits per heavy atom. The number of carbonyl (C=O) groups is 2. The Morgan fingerprint density at radius 3 is 2.11 bits per heavy atom. The van der Waals surface area contributed by atoms with Gasteiger partial charge in [0.2, 0.25) is 21.8 Å². The quantitative estimate of drug-likeness (QED) is 0.0707. The van der Waals surface area contributed by atoms with Gasteiger partial charge in [0, 0.05) is 41.3 Å². The number of benzene rings is 6. The first-order valence-electron chi connectivity index (χ1n) is 20.5. The average Bonchev–Trinajstić information content (AvgIpc) is 3.28. The molecule has 2 amide bonds. The molecular formula is C50H51N3O7S2. The summed E-state index contributed by atoms with van der Waals surface area (Å²) >= 11 is 1.68. The summed E-state index contributed by atoms with van der Waals surface area (Å²) in [5, 5.41) is 15.5. The summed E-state index contributed by atoms with van der Waals surface area (Å²) in [7, 11) is -3.98. The largest absolute Gasteiger partial charge is 0.392 e. The molecule has 0 aromatic heterocycles. The van der Waals surface area contributed by atoms with Crippen LogP contribution in [0.5, 0.6) is 0 Å². The van der Waals surface area contributed by atoms with Crippen molar-refractivity contribution < 1.29 is 32.6 Å². The van der Waals surface area contributed by atoms with E-state index in [9.17, 15) is 23.1 Å². The highest BCUT2D eigenvalue weighted by molar-refractivity contribution is 7.99. The van der Waals surface area contributed by atoms with Gasteiger partial charge in [-0.1, -0.05) is 116 Å². The van der Waals surface area contributed by atoms with Gasteiger partial charge in [-0.3, -0.25) is 9.59 Å². The number of sulfonamides is 1. The predicted molar refractivity (Wildman–Crippen MR) is 244 cm³/mol. The van der Waals surface area contributed by atoms with Gasteiger partial charge >= 0.3 is 0 Å². The van der Waals surface area contributed by atoms with E-state index in [1.165, 1.54) is 19.1 Å². The monoisotopic (exact) mass is 869 g/mol. The molecule has 6 aromatic carbocycles. The number of amides is 2. The summed E-state index contributed by atoms with van der Waals surface area (Å²) < 4.78 is 43.0. The van der Waals surface area contributed by atoms with E-state index >= 15 is 0 Å². The zero-order chi connectivity index (χ0) is 43.6. The Balaban J connectivity index is 1.07. The maximum Gasteiger partial charge on any atom is 0.241 e. The van der Waals surface area contributed by atoms with Crippen LogP contribution < -0.4 is 15.4 Å². The smallest absolute Gasteiger partial charge is 0.241 e. The standard InChI is InChI=1S/C50H51N3O7S2/c1-33-15-25-45(26-16-33)62(57,58)53-46(28-36-9-5-4-6-10-36)49(56)51-30-38-11-7-12-40(27-38)41-13-8-14-42(29-41)50-59-47(32-61-44-23-21-43(22-24-44)52-35(3)55)34(2)48(60-50)39-19-17-37(31-54)18-20-39/h4-27,29,34,46-48,50,53-54H,28,30-32H2,1-3H3,(H,51,56)(H,52,55)/t34-,46-,47+,48+,50+/m1/s1. The van der Waals surface area contributed by atoms with Crippen molar-refractivity contribution in [2.24, 2.45) is 5.92 Å². The van der Waals surface area contributed by atoms with Gasteiger partial charge in [0.15, 0.2) is 6.29 Å². The molecule has 1 heterocycles. The molecule has 1 aliphatic rings. The lowest BCUT2D eigenvalue weighted by Gasteiger charge is -2.41. The van der Waals surface area contributed by atoms with Crippen LogP contribution in [0.3, 0.4) is 0 Å². The first-order chi connectivity index (χ1) is 29.9. The number of aryl methyl sites for hydroxylation is 1. The van der Waals surface area contributed by atoms with Gasteiger partial charge in [0.1, 0.15) is 6.04 Å². The van der Waals surface area contributed by atoms with Crippen LogP contribution in [0.1, 0.15) is 59.6 Å². The molecule has 0 spiro atoms. The number of carbonyl (C=O) groups excluding carboxylic acids is 2. The molecule has 1 saturated heterocycles. The van der Waals surface area contributed by atoms with Gasteiger partial charge in [-0.25, -0.2) is 8.42 Å². The summed E-state index contributed by atoms with van der Waals surface area (Å²) in [6.07, 6.45) is -0.958. The SMILES string of the molecule is CC(=O)Nc1ccc(SC[C@@H]2O[C@H](c3cccc(-c4cccc(CNC(=O)[C@@H](Cc5ccccc5)NS(=O)(=O)c5ccc(C)cc5)c4)c3)O[C@H](c3ccc(CO)cc3)[C@@H]2C)cc1. The van der Waals surface area contributed by atoms with Crippen LogP contribution in [0.2, 0.25) is 0 Å². The van der Waals surface area contributed by atoms with E-state index < -0.39 is 28.3 Å². The van der Waals surface area contributed by atoms with Crippen molar-refractivity contribution in [1.82, 2.24) is 10.0 Å². The molecule has 0 bridgehead atoms. The van der Waals surface area contributed by atoms with E-state index in [1.54, 1.807) is 23.9 Å². The van der Waals surface area contributed by atoms with Crippen LogP contribution in [-0.2, 0) is 48.7 Å². The lowest BCUT2D eigenvalue weighted by Crippen LogP contribution is -2.47. The Morgan fingerprint density at radius 1 is 0.742 bits per heavy atom. The molecule has 6 aromatic rings. The van der Waals surface area contributed by atoms with E-state index in [0.717, 1.165) is 55.1 Å². The molecular weight excluding hydrogens is 819 g/mol. The molecule has 12 heteroatoms. The van der Waals surface area contributed by atoms with Crippen LogP contribution in [0.25, 0.3) is 11.1 Å². The van der Waals surface area contributed by atoms with E-state index in [-0.39, 0.29) is 48.5 Å². The predicted octanol–water partition coefficient (Wildman–Crippen LogP) is 8.90. The van der Waals surface area contributed by atoms with E-state index in [1.807, 2.05) is 128 Å². The van der Waals surface area contributed by atoms with Crippen molar-refractivity contribution >= 4 is 39.3 Å². The van der Waals surface area contributed by atoms with Crippen molar-refractivity contribution in [2.45, 2.75) is 74.7 Å². The number of hydrogen-bond donors (Lipinski definition) is 4. The van der Waals surface area contributed by atoms with Gasteiger partial charge in [-0.05, 0) is 95.3 Å². The zero-order valence-electron chi connectivity index (χ0n) is 34.9. The molecule has 10 nitrogen and oxygen atoms in total. The fraction of sp³-hybridized carbons (Fsp3) is 0.240. The third-order valence-corrected chi connectivity index (χ3v) is 13.4. The molecule has 4 N–H and O–H groups in total. The normalized spacial score (nSPS) is 18.1. The number of hydrogen-bond acceptors (Lipinski definition) is 8. The Kier molecular flexibility index (Phi) is 14.7. The summed E-state index contributed by atoms with van der Waals surface area (Å²) in [5.41, 5.74) is 7.87. The summed E-state index contributed by atoms with van der Waals surface area (Å²) in [6.45, 7) is 5.64. The molecule has 0 unspecified atom stereocenters. The van der Waals surface area contributed by atoms with Gasteiger partial charge in [-0.15, -0.1) is 11.8 Å². The minimum Gasteiger partial charge on any atom is -0.392 e. The van der Waals surface area contributed by atoms with Crippen LogP contribution in [0.4, 0.5) is 5.69 Å². The molecule has 1 fully saturated rings. The minimum absolute atomic E-state index is 0.00217. The summed E-state index contributed by atoms with van der Waals surface area (Å²) in [4.78, 5) is 26.4. The Labute approximate surface area is 368 Å². The molecule has 0 aliphatic carbocycles. The van der Waals surface area contributed by atoms with Crippen LogP contribution in [0.15, 0.2) is 161 Å². The first-order valence-corrected chi connectivity index (χ1v) is 23.0. The molecule has 7 rings (SSSR count). The van der Waals surface area contributed by atoms with Gasteiger partial charge in [-0.2, -0.15) is 4.72 Å². The van der Waals surface area contributed by atoms with E-state index in [4.69, 9.17) is 9.47 Å². The second-order valence-corrected chi connectivity index (χ2v) is 18.4. The van der Waals surface area contributed by atoms with Crippen molar-refractivity contribution in [3.05, 3.63) is 185 Å². The number of thioether (sulfide) groups is 1. The molecule has 0 saturated carbocycles. The zero-order valence-corrected chi connectivity index (χ0v) is 36.5. The topological polar surface area (TPSA) is 143 Å². The van der Waals surface area contributed by atoms with Gasteiger partial charge < -0.3 is 25.2 Å². The van der Waals surface area contributed by atoms with Crippen molar-refractivity contribution in [3.63, 3.8) is 0 Å². The Hall–Kier alpha value is -5.60. The maximum absolute atomic E-state index is 13.8. The molecule has 5 atom stereocenters. The van der Waals surface area contributed by atoms with Crippen molar-refractivity contribution in [1.29, 1.82) is 0 Å². The summed E-state index contributed by atoms with van der Waals surface area (Å²) in [5.74, 6) is 0.108. The highest BCUT2D eigenvalue weighted by atomic mass is 32.2. The Bertz CT molecular complexity index is 2550. The van der Waals surface area contributed by atoms with Crippen LogP contribution >= 0.6 is 11.8 Å². The molecule has 0 radical (unpaired) electrons. The molecule has 320 valence electrons. The van der Waals surface area contributed by atoms with Crippen molar-refractivity contribution in [3.8, 4) is 11.1 Å². The highest BCUT2D eigenvalue weighted by Gasteiger charge is 2.38. The van der Waals surface area contributed by atoms with Gasteiger partial charge in [0.05, 0.1) is 23.7 Å². The van der Waals surface area contributed by atoms with Gasteiger partial charge in [0.25, 0.3) is 0 Å². The second-order valence-electron chi connectivity index (χ2n) is 15.6. The number of nitrogens with one attached hydrogen (secondary N) is 3. The average molecular weight is 870 g/mol. The van der Waals surface area contributed by atoms with Crippen LogP contribution in [0, 0.1) is 12.8 Å². The highest BCUT2D eigenvalue weighted by Crippen LogP contribution is 2.43. The third kappa shape index (κ3) is 11.6. The number of aliphatic hydroxyl groups is 1. The third-order valence-electron chi connectivity index (χ3n) is 10.8. The van der Waals surface area contributed by atoms with E-state index in [2.05, 4.69) is 28.3 Å². The molecule has 62 heavy (non-hydrogen) atoms. The molecule has 1 aliphatic heterocycles. The number of rotatable bonds is 16. The fourth-order valence-corrected chi connectivity index (χ4v) is 9.64. The summed E-state index contributed by atoms with van der Waals surface area (Å²) in [6, 6.07) is 46.3. The fourth-order valence-electron chi connectivity index (χ4n) is 7.37. The minimum atomic E-state index is -3.98. The lowest BCUT2D eigenvalue weighted by molar-refractivity contribution is -0.268. The maximum atomic E-state index is 13.8. The number of anilines is 1. The second kappa shape index (κ2) is 20.5. The van der Waals surface area contributed by atoms with E-state index in [0.29, 0.717) is 5.75 Å². The lowest BCUT2D eigenvalue weighted by atomic mass is 9.91.